The average Bonchev–Trinajstić information content (AvgIpc) is 2.56. The van der Waals surface area contributed by atoms with Crippen LogP contribution in [0.15, 0.2) is 34.3 Å². The molecule has 0 saturated heterocycles. The van der Waals surface area contributed by atoms with Crippen LogP contribution in [0.3, 0.4) is 0 Å². The lowest BCUT2D eigenvalue weighted by atomic mass is 10.3. The van der Waals surface area contributed by atoms with E-state index in [2.05, 4.69) is 16.3 Å². The summed E-state index contributed by atoms with van der Waals surface area (Å²) in [6.07, 6.45) is 0.221. The molecule has 1 aliphatic heterocycles. The number of anilines is 1. The molecule has 1 aliphatic rings. The Morgan fingerprint density at radius 2 is 2.12 bits per heavy atom. The largest absolute Gasteiger partial charge is 0.302 e. The van der Waals surface area contributed by atoms with Gasteiger partial charge in [-0.1, -0.05) is 12.1 Å². The molecule has 5 nitrogen and oxygen atoms in total. The van der Waals surface area contributed by atoms with E-state index in [1.165, 1.54) is 6.07 Å². The Kier molecular flexibility index (Phi) is 2.98. The molecule has 1 heterocycles. The maximum Gasteiger partial charge on any atom is 0.253 e. The molecule has 0 aromatic heterocycles. The van der Waals surface area contributed by atoms with E-state index in [4.69, 9.17) is 0 Å². The van der Waals surface area contributed by atoms with Gasteiger partial charge >= 0.3 is 0 Å². The Hall–Kier alpha value is -1.31. The number of carbonyl (C=O) groups excluding carboxylic acids is 1. The van der Waals surface area contributed by atoms with Gasteiger partial charge in [0.15, 0.2) is 8.77 Å². The van der Waals surface area contributed by atoms with Crippen molar-refractivity contribution < 1.29 is 13.6 Å². The van der Waals surface area contributed by atoms with Crippen molar-refractivity contribution >= 4 is 37.3 Å². The van der Waals surface area contributed by atoms with Crippen LogP contribution in [0.2, 0.25) is 0 Å². The van der Waals surface area contributed by atoms with Crippen molar-refractivity contribution in [2.75, 3.05) is 5.01 Å². The van der Waals surface area contributed by atoms with Crippen molar-refractivity contribution in [2.45, 2.75) is 18.2 Å². The molecule has 0 spiro atoms. The third-order valence-corrected chi connectivity index (χ3v) is 3.73. The van der Waals surface area contributed by atoms with Crippen LogP contribution in [0.4, 0.5) is 5.69 Å². The molecule has 90 valence electrons. The highest BCUT2D eigenvalue weighted by atomic mass is 32.8. The molecule has 1 atom stereocenters. The highest BCUT2D eigenvalue weighted by molar-refractivity contribution is 8.29. The summed E-state index contributed by atoms with van der Waals surface area (Å²) >= 11 is 4.54. The van der Waals surface area contributed by atoms with Gasteiger partial charge in [-0.3, -0.25) is 4.79 Å². The summed E-state index contributed by atoms with van der Waals surface area (Å²) in [4.78, 5) is 11.7. The predicted molar refractivity (Wildman–Crippen MR) is 68.1 cm³/mol. The van der Waals surface area contributed by atoms with Gasteiger partial charge in [0.25, 0.3) is 5.91 Å². The number of hydrogen-bond donors (Lipinski definition) is 1. The van der Waals surface area contributed by atoms with Gasteiger partial charge in [-0.25, -0.2) is 4.21 Å². The predicted octanol–water partition coefficient (Wildman–Crippen LogP) is 1.38. The molecule has 0 fully saturated rings. The average molecular weight is 270 g/mol. The van der Waals surface area contributed by atoms with E-state index >= 15 is 0 Å². The van der Waals surface area contributed by atoms with E-state index < -0.39 is 8.77 Å². The number of hydrazone groups is 1. The Morgan fingerprint density at radius 1 is 1.47 bits per heavy atom. The molecule has 1 N–H and O–H groups in total. The van der Waals surface area contributed by atoms with E-state index in [1.54, 1.807) is 25.1 Å². The minimum Gasteiger partial charge on any atom is -0.302 e. The standard InChI is InChI=1S/C10H10N2O3S2/c1-7-6-10(13)12(11-7)8-4-2-3-5-9(8)17(14,15)16/h2-5H,6H2,1H3,(H,14,15,16). The second-order valence-electron chi connectivity index (χ2n) is 3.66. The summed E-state index contributed by atoms with van der Waals surface area (Å²) in [5.74, 6) is -0.228. The van der Waals surface area contributed by atoms with E-state index in [9.17, 15) is 13.6 Å². The summed E-state index contributed by atoms with van der Waals surface area (Å²) in [5, 5.41) is 5.16. The zero-order valence-electron chi connectivity index (χ0n) is 8.99. The lowest BCUT2D eigenvalue weighted by Gasteiger charge is -2.15. The van der Waals surface area contributed by atoms with Crippen molar-refractivity contribution in [3.63, 3.8) is 0 Å². The lowest BCUT2D eigenvalue weighted by Crippen LogP contribution is -2.21. The van der Waals surface area contributed by atoms with Crippen LogP contribution < -0.4 is 5.01 Å². The van der Waals surface area contributed by atoms with Gasteiger partial charge in [-0.2, -0.15) is 10.1 Å². The Balaban J connectivity index is 2.58. The second-order valence-corrected chi connectivity index (χ2v) is 6.41. The number of benzene rings is 1. The molecule has 17 heavy (non-hydrogen) atoms. The van der Waals surface area contributed by atoms with Crippen LogP contribution in [0.5, 0.6) is 0 Å². The fraction of sp³-hybridized carbons (Fsp3) is 0.200. The molecule has 2 rings (SSSR count). The van der Waals surface area contributed by atoms with Gasteiger partial charge in [0.05, 0.1) is 17.0 Å². The van der Waals surface area contributed by atoms with Gasteiger partial charge in [-0.15, -0.1) is 0 Å². The summed E-state index contributed by atoms with van der Waals surface area (Å²) in [5.41, 5.74) is 0.940. The van der Waals surface area contributed by atoms with Crippen LogP contribution in [0, 0.1) is 0 Å². The van der Waals surface area contributed by atoms with E-state index in [1.807, 2.05) is 0 Å². The summed E-state index contributed by atoms with van der Waals surface area (Å²) in [6.45, 7) is 1.73. The van der Waals surface area contributed by atoms with Crippen molar-refractivity contribution in [3.05, 3.63) is 24.3 Å². The maximum absolute atomic E-state index is 11.7. The quantitative estimate of drug-likeness (QED) is 0.881. The molecule has 7 heteroatoms. The van der Waals surface area contributed by atoms with Crippen LogP contribution in [0.1, 0.15) is 13.3 Å². The number of para-hydroxylation sites is 1. The van der Waals surface area contributed by atoms with Crippen LogP contribution in [0.25, 0.3) is 0 Å². The number of hydrogen-bond acceptors (Lipinski definition) is 4. The minimum absolute atomic E-state index is 0.0433. The maximum atomic E-state index is 11.7. The molecular formula is C10H10N2O3S2. The molecule has 1 unspecified atom stereocenters. The zero-order chi connectivity index (χ0) is 12.6. The van der Waals surface area contributed by atoms with Crippen molar-refractivity contribution in [1.82, 2.24) is 0 Å². The molecule has 1 aromatic carbocycles. The topological polar surface area (TPSA) is 70.0 Å². The number of carbonyl (C=O) groups is 1. The smallest absolute Gasteiger partial charge is 0.253 e. The number of rotatable bonds is 2. The Bertz CT molecular complexity index is 608. The summed E-state index contributed by atoms with van der Waals surface area (Å²) in [6, 6.07) is 6.24. The lowest BCUT2D eigenvalue weighted by molar-refractivity contribution is -0.116. The minimum atomic E-state index is -3.54. The first-order chi connectivity index (χ1) is 7.89. The van der Waals surface area contributed by atoms with Gasteiger partial charge in [0.1, 0.15) is 0 Å². The van der Waals surface area contributed by atoms with E-state index in [0.29, 0.717) is 5.71 Å². The first-order valence-corrected chi connectivity index (χ1v) is 7.27. The molecule has 0 saturated carbocycles. The van der Waals surface area contributed by atoms with Gasteiger partial charge in [0.2, 0.25) is 0 Å². The van der Waals surface area contributed by atoms with Gasteiger partial charge in [0, 0.05) is 16.9 Å². The van der Waals surface area contributed by atoms with Gasteiger partial charge < -0.3 is 4.55 Å². The monoisotopic (exact) mass is 270 g/mol. The molecule has 0 aliphatic carbocycles. The van der Waals surface area contributed by atoms with Crippen molar-refractivity contribution in [3.8, 4) is 0 Å². The molecule has 0 radical (unpaired) electrons. The Morgan fingerprint density at radius 3 is 2.65 bits per heavy atom. The normalized spacial score (nSPS) is 19.1. The molecule has 1 amide bonds. The molecular weight excluding hydrogens is 260 g/mol. The highest BCUT2D eigenvalue weighted by Crippen LogP contribution is 2.28. The summed E-state index contributed by atoms with van der Waals surface area (Å²) < 4.78 is 21.0. The second kappa shape index (κ2) is 4.17. The van der Waals surface area contributed by atoms with Crippen molar-refractivity contribution in [2.24, 2.45) is 5.10 Å². The first kappa shape index (κ1) is 12.2. The van der Waals surface area contributed by atoms with E-state index in [0.717, 1.165) is 5.01 Å². The SMILES string of the molecule is CC1=NN(c2ccccc2S(=O)(O)=S)C(=O)C1. The van der Waals surface area contributed by atoms with Crippen LogP contribution in [-0.2, 0) is 24.8 Å². The van der Waals surface area contributed by atoms with Crippen LogP contribution >= 0.6 is 0 Å². The van der Waals surface area contributed by atoms with Crippen LogP contribution in [-0.4, -0.2) is 20.4 Å². The molecule has 1 aromatic rings. The number of amides is 1. The summed E-state index contributed by atoms with van der Waals surface area (Å²) in [7, 11) is -3.54. The fourth-order valence-electron chi connectivity index (χ4n) is 1.59. The highest BCUT2D eigenvalue weighted by Gasteiger charge is 2.26. The van der Waals surface area contributed by atoms with Gasteiger partial charge in [-0.05, 0) is 19.1 Å². The Labute approximate surface area is 104 Å². The third-order valence-electron chi connectivity index (χ3n) is 2.29. The van der Waals surface area contributed by atoms with Crippen molar-refractivity contribution in [1.29, 1.82) is 0 Å². The zero-order valence-corrected chi connectivity index (χ0v) is 10.6. The number of nitrogens with zero attached hydrogens (tertiary/aromatic N) is 2. The molecule has 0 bridgehead atoms. The fourth-order valence-corrected chi connectivity index (χ4v) is 2.69. The first-order valence-electron chi connectivity index (χ1n) is 4.83. The third kappa shape index (κ3) is 2.36. The van der Waals surface area contributed by atoms with E-state index in [-0.39, 0.29) is 22.9 Å².